The first-order valence-electron chi connectivity index (χ1n) is 14.3. The van der Waals surface area contributed by atoms with E-state index in [-0.39, 0.29) is 5.92 Å². The van der Waals surface area contributed by atoms with Crippen LogP contribution in [0.3, 0.4) is 0 Å². The van der Waals surface area contributed by atoms with Crippen molar-refractivity contribution in [3.05, 3.63) is 57.6 Å². The van der Waals surface area contributed by atoms with Crippen LogP contribution in [0.4, 0.5) is 0 Å². The highest BCUT2D eigenvalue weighted by atomic mass is 35.5. The van der Waals surface area contributed by atoms with Crippen LogP contribution in [0.1, 0.15) is 66.0 Å². The van der Waals surface area contributed by atoms with E-state index in [0.717, 1.165) is 16.7 Å². The third-order valence-electron chi connectivity index (χ3n) is 8.99. The molecule has 0 radical (unpaired) electrons. The molecule has 40 heavy (non-hydrogen) atoms. The van der Waals surface area contributed by atoms with Crippen LogP contribution in [-0.2, 0) is 15.9 Å². The van der Waals surface area contributed by atoms with Gasteiger partial charge in [-0.15, -0.1) is 5.54 Å². The van der Waals surface area contributed by atoms with Crippen molar-refractivity contribution in [2.75, 3.05) is 13.7 Å². The fourth-order valence-electron chi connectivity index (χ4n) is 6.71. The molecular formula is C32H47ClO6Si. The molecule has 2 unspecified atom stereocenters. The SMILES string of the molecule is COC1(C2=CC(Cc3ccc(C#C[Si](C(C)C)(C(C)C)C(C)C)cc3)=C(Cl)CC2C)O[C@H](CO)[C@@H](O)[C@H](O)[C@H]1O. The van der Waals surface area contributed by atoms with Gasteiger partial charge in [0.15, 0.2) is 0 Å². The quantitative estimate of drug-likeness (QED) is 0.249. The summed E-state index contributed by atoms with van der Waals surface area (Å²) in [5.41, 5.74) is 9.00. The maximum absolute atomic E-state index is 11.0. The van der Waals surface area contributed by atoms with E-state index in [1.165, 1.54) is 7.11 Å². The van der Waals surface area contributed by atoms with Crippen LogP contribution in [0.2, 0.25) is 16.6 Å². The molecule has 1 fully saturated rings. The number of ether oxygens (including phenoxy) is 2. The zero-order valence-corrected chi connectivity index (χ0v) is 26.9. The van der Waals surface area contributed by atoms with Gasteiger partial charge in [0.05, 0.1) is 6.61 Å². The molecule has 0 bridgehead atoms. The van der Waals surface area contributed by atoms with Crippen molar-refractivity contribution in [1.29, 1.82) is 0 Å². The summed E-state index contributed by atoms with van der Waals surface area (Å²) in [6.45, 7) is 15.3. The lowest BCUT2D eigenvalue weighted by Crippen LogP contribution is -2.67. The highest BCUT2D eigenvalue weighted by Gasteiger charge is 2.57. The van der Waals surface area contributed by atoms with Gasteiger partial charge < -0.3 is 29.9 Å². The standard InChI is InChI=1S/C32H47ClO6Si/c1-19(2)40(20(3)4,21(5)6)14-13-23-9-11-24(12-10-23)16-25-17-26(22(7)15-27(25)33)32(38-8)31(37)30(36)29(35)28(18-34)39-32/h9-12,17,19-22,28-31,34-37H,15-16,18H2,1-8H3/t22?,28-,29-,30+,31-,32?/m1/s1. The van der Waals surface area contributed by atoms with Crippen LogP contribution in [0.25, 0.3) is 0 Å². The number of methoxy groups -OCH3 is 1. The first kappa shape index (κ1) is 33.0. The van der Waals surface area contributed by atoms with Crippen molar-refractivity contribution in [3.8, 4) is 11.5 Å². The number of rotatable bonds is 8. The molecule has 4 N–H and O–H groups in total. The van der Waals surface area contributed by atoms with Crippen LogP contribution in [0.5, 0.6) is 0 Å². The maximum atomic E-state index is 11.0. The topological polar surface area (TPSA) is 99.4 Å². The van der Waals surface area contributed by atoms with Crippen molar-refractivity contribution >= 4 is 19.7 Å². The van der Waals surface area contributed by atoms with Crippen LogP contribution < -0.4 is 0 Å². The molecule has 8 heteroatoms. The van der Waals surface area contributed by atoms with Gasteiger partial charge in [-0.3, -0.25) is 0 Å². The summed E-state index contributed by atoms with van der Waals surface area (Å²) in [7, 11) is -0.440. The minimum atomic E-state index is -1.82. The molecule has 6 atom stereocenters. The van der Waals surface area contributed by atoms with E-state index >= 15 is 0 Å². The van der Waals surface area contributed by atoms with Gasteiger partial charge in [-0.1, -0.05) is 84.2 Å². The fraction of sp³-hybridized carbons (Fsp3) is 0.625. The summed E-state index contributed by atoms with van der Waals surface area (Å²) in [6.07, 6.45) is -2.76. The van der Waals surface area contributed by atoms with Gasteiger partial charge in [0.25, 0.3) is 0 Å². The molecule has 222 valence electrons. The fourth-order valence-corrected chi connectivity index (χ4v) is 12.3. The van der Waals surface area contributed by atoms with E-state index in [1.807, 2.05) is 13.0 Å². The summed E-state index contributed by atoms with van der Waals surface area (Å²) in [5.74, 6) is 1.60. The predicted octanol–water partition coefficient (Wildman–Crippen LogP) is 5.07. The van der Waals surface area contributed by atoms with Gasteiger partial charge in [-0.25, -0.2) is 0 Å². The average molecular weight is 591 g/mol. The Morgan fingerprint density at radius 1 is 1.02 bits per heavy atom. The summed E-state index contributed by atoms with van der Waals surface area (Å²) >= 11 is 6.73. The third kappa shape index (κ3) is 6.16. The van der Waals surface area contributed by atoms with Gasteiger partial charge in [-0.05, 0) is 64.2 Å². The second-order valence-corrected chi connectivity index (χ2v) is 18.3. The number of hydrogen-bond acceptors (Lipinski definition) is 6. The van der Waals surface area contributed by atoms with E-state index in [4.69, 9.17) is 21.1 Å². The second-order valence-electron chi connectivity index (χ2n) is 12.3. The third-order valence-corrected chi connectivity index (χ3v) is 15.7. The molecule has 0 aromatic heterocycles. The molecule has 1 aromatic rings. The van der Waals surface area contributed by atoms with E-state index < -0.39 is 44.9 Å². The van der Waals surface area contributed by atoms with Crippen LogP contribution >= 0.6 is 11.6 Å². The Kier molecular flexibility index (Phi) is 10.9. The minimum Gasteiger partial charge on any atom is -0.394 e. The Hall–Kier alpha value is -1.47. The van der Waals surface area contributed by atoms with Gasteiger partial charge in [0.2, 0.25) is 5.79 Å². The zero-order valence-electron chi connectivity index (χ0n) is 25.1. The van der Waals surface area contributed by atoms with Gasteiger partial charge in [0, 0.05) is 17.7 Å². The number of halogens is 1. The Labute approximate surface area is 246 Å². The van der Waals surface area contributed by atoms with Crippen LogP contribution in [0, 0.1) is 17.4 Å². The number of aliphatic hydroxyl groups excluding tert-OH is 4. The van der Waals surface area contributed by atoms with Crippen molar-refractivity contribution < 1.29 is 29.9 Å². The number of allylic oxidation sites excluding steroid dienone is 3. The molecule has 2 aliphatic rings. The Morgan fingerprint density at radius 3 is 2.10 bits per heavy atom. The van der Waals surface area contributed by atoms with Gasteiger partial charge >= 0.3 is 0 Å². The average Bonchev–Trinajstić information content (AvgIpc) is 2.90. The lowest BCUT2D eigenvalue weighted by Gasteiger charge is -2.50. The summed E-state index contributed by atoms with van der Waals surface area (Å²) in [5, 5.41) is 42.2. The molecule has 0 saturated carbocycles. The molecule has 1 aromatic carbocycles. The molecule has 3 rings (SSSR count). The highest BCUT2D eigenvalue weighted by molar-refractivity contribution is 6.90. The molecule has 0 spiro atoms. The van der Waals surface area contributed by atoms with E-state index in [9.17, 15) is 20.4 Å². The normalized spacial score (nSPS) is 29.6. The Balaban J connectivity index is 1.91. The molecule has 1 heterocycles. The zero-order chi connectivity index (χ0) is 30.0. The summed E-state index contributed by atoms with van der Waals surface area (Å²) in [6, 6.07) is 8.24. The van der Waals surface area contributed by atoms with Gasteiger partial charge in [-0.2, -0.15) is 0 Å². The van der Waals surface area contributed by atoms with E-state index in [0.29, 0.717) is 40.1 Å². The van der Waals surface area contributed by atoms with Crippen molar-refractivity contribution in [2.24, 2.45) is 5.92 Å². The van der Waals surface area contributed by atoms with E-state index in [1.54, 1.807) is 0 Å². The van der Waals surface area contributed by atoms with E-state index in [2.05, 4.69) is 77.3 Å². The second kappa shape index (κ2) is 13.2. The Morgan fingerprint density at radius 2 is 1.60 bits per heavy atom. The minimum absolute atomic E-state index is 0.169. The molecular weight excluding hydrogens is 544 g/mol. The van der Waals surface area contributed by atoms with Crippen molar-refractivity contribution in [1.82, 2.24) is 0 Å². The number of hydrogen-bond donors (Lipinski definition) is 4. The highest BCUT2D eigenvalue weighted by Crippen LogP contribution is 2.45. The lowest BCUT2D eigenvalue weighted by molar-refractivity contribution is -0.342. The molecule has 1 aliphatic carbocycles. The predicted molar refractivity (Wildman–Crippen MR) is 163 cm³/mol. The first-order chi connectivity index (χ1) is 18.7. The Bertz CT molecular complexity index is 1120. The lowest BCUT2D eigenvalue weighted by atomic mass is 9.78. The smallest absolute Gasteiger partial charge is 0.221 e. The maximum Gasteiger partial charge on any atom is 0.221 e. The summed E-state index contributed by atoms with van der Waals surface area (Å²) < 4.78 is 11.7. The van der Waals surface area contributed by atoms with Crippen LogP contribution in [0.15, 0.2) is 46.5 Å². The molecule has 1 saturated heterocycles. The monoisotopic (exact) mass is 590 g/mol. The molecule has 0 amide bonds. The molecule has 1 aliphatic heterocycles. The van der Waals surface area contributed by atoms with Crippen molar-refractivity contribution in [2.45, 2.75) is 108 Å². The van der Waals surface area contributed by atoms with Crippen LogP contribution in [-0.4, -0.2) is 72.4 Å². The number of aliphatic hydroxyl groups is 4. The largest absolute Gasteiger partial charge is 0.394 e. The number of benzene rings is 1. The molecule has 6 nitrogen and oxygen atoms in total. The van der Waals surface area contributed by atoms with Gasteiger partial charge in [0.1, 0.15) is 32.5 Å². The summed E-state index contributed by atoms with van der Waals surface area (Å²) in [4.78, 5) is 0. The first-order valence-corrected chi connectivity index (χ1v) is 17.0. The van der Waals surface area contributed by atoms with Crippen molar-refractivity contribution in [3.63, 3.8) is 0 Å².